The first-order valence-electron chi connectivity index (χ1n) is 8.44. The normalized spacial score (nSPS) is 12.2. The number of pyridine rings is 1. The maximum absolute atomic E-state index is 12.6. The van der Waals surface area contributed by atoms with Gasteiger partial charge in [0.05, 0.1) is 16.5 Å². The van der Waals surface area contributed by atoms with Gasteiger partial charge in [-0.15, -0.1) is 16.4 Å². The number of amides is 1. The van der Waals surface area contributed by atoms with Crippen LogP contribution < -0.4 is 5.32 Å². The highest BCUT2D eigenvalue weighted by Gasteiger charge is 2.18. The second-order valence-electron chi connectivity index (χ2n) is 5.95. The molecule has 6 nitrogen and oxygen atoms in total. The molecule has 1 unspecified atom stereocenters. The highest BCUT2D eigenvalue weighted by Crippen LogP contribution is 2.25. The number of nitrogens with one attached hydrogen (secondary N) is 2. The number of thiophene rings is 1. The molecule has 4 aromatic rings. The van der Waals surface area contributed by atoms with Gasteiger partial charge in [-0.2, -0.15) is 0 Å². The van der Waals surface area contributed by atoms with Crippen LogP contribution >= 0.6 is 23.1 Å². The monoisotopic (exact) mass is 395 g/mol. The van der Waals surface area contributed by atoms with Gasteiger partial charge in [0, 0.05) is 22.9 Å². The molecule has 0 fully saturated rings. The van der Waals surface area contributed by atoms with Crippen molar-refractivity contribution in [2.75, 3.05) is 5.32 Å². The molecule has 3 heterocycles. The quantitative estimate of drug-likeness (QED) is 0.480. The maximum Gasteiger partial charge on any atom is 0.237 e. The van der Waals surface area contributed by atoms with Crippen LogP contribution in [0.1, 0.15) is 17.6 Å². The average molecular weight is 396 g/mol. The molecule has 0 aliphatic heterocycles. The van der Waals surface area contributed by atoms with E-state index in [4.69, 9.17) is 0 Å². The minimum atomic E-state index is -0.331. The molecule has 2 N–H and O–H groups in total. The summed E-state index contributed by atoms with van der Waals surface area (Å²) in [4.78, 5) is 22.6. The van der Waals surface area contributed by atoms with Crippen molar-refractivity contribution in [3.63, 3.8) is 0 Å². The number of aromatic nitrogens is 4. The third-order valence-corrected chi connectivity index (χ3v) is 5.83. The summed E-state index contributed by atoms with van der Waals surface area (Å²) in [7, 11) is 0. The number of carbonyl (C=O) groups excluding carboxylic acids is 1. The van der Waals surface area contributed by atoms with Gasteiger partial charge in [-0.3, -0.25) is 14.9 Å². The van der Waals surface area contributed by atoms with Crippen molar-refractivity contribution in [3.05, 3.63) is 64.7 Å². The van der Waals surface area contributed by atoms with Gasteiger partial charge in [-0.25, -0.2) is 4.98 Å². The summed E-state index contributed by atoms with van der Waals surface area (Å²) in [6.07, 6.45) is 2.46. The SMILES string of the molecule is CC(Sc1n[nH]c(Cc2cccs2)n1)C(=O)Nc1cccc2ncccc12. The summed E-state index contributed by atoms with van der Waals surface area (Å²) in [5.74, 6) is 0.702. The van der Waals surface area contributed by atoms with Crippen molar-refractivity contribution < 1.29 is 4.79 Å². The summed E-state index contributed by atoms with van der Waals surface area (Å²) in [5.41, 5.74) is 1.61. The predicted octanol–water partition coefficient (Wildman–Crippen LogP) is 4.12. The lowest BCUT2D eigenvalue weighted by Crippen LogP contribution is -2.22. The Labute approximate surface area is 164 Å². The fourth-order valence-electron chi connectivity index (χ4n) is 2.65. The number of aromatic amines is 1. The van der Waals surface area contributed by atoms with Crippen molar-refractivity contribution in [2.45, 2.75) is 23.8 Å². The Morgan fingerprint density at radius 1 is 1.26 bits per heavy atom. The van der Waals surface area contributed by atoms with E-state index < -0.39 is 0 Å². The van der Waals surface area contributed by atoms with Crippen LogP contribution in [0.15, 0.2) is 59.2 Å². The molecule has 27 heavy (non-hydrogen) atoms. The lowest BCUT2D eigenvalue weighted by molar-refractivity contribution is -0.115. The maximum atomic E-state index is 12.6. The molecule has 3 aromatic heterocycles. The molecule has 136 valence electrons. The molecule has 8 heteroatoms. The van der Waals surface area contributed by atoms with Crippen molar-refractivity contribution in [2.24, 2.45) is 0 Å². The minimum Gasteiger partial charge on any atom is -0.324 e. The summed E-state index contributed by atoms with van der Waals surface area (Å²) in [6.45, 7) is 1.85. The van der Waals surface area contributed by atoms with Gasteiger partial charge in [-0.1, -0.05) is 23.9 Å². The number of fused-ring (bicyclic) bond motifs is 1. The van der Waals surface area contributed by atoms with Gasteiger partial charge in [0.2, 0.25) is 11.1 Å². The van der Waals surface area contributed by atoms with Gasteiger partial charge in [0.15, 0.2) is 0 Å². The molecule has 0 saturated carbocycles. The summed E-state index contributed by atoms with van der Waals surface area (Å²) in [5, 5.41) is 13.3. The molecule has 4 rings (SSSR count). The number of hydrogen-bond donors (Lipinski definition) is 2. The molecule has 1 aromatic carbocycles. The number of anilines is 1. The third-order valence-electron chi connectivity index (χ3n) is 3.99. The second kappa shape index (κ2) is 7.89. The van der Waals surface area contributed by atoms with Crippen molar-refractivity contribution >= 4 is 45.6 Å². The lowest BCUT2D eigenvalue weighted by Gasteiger charge is -2.12. The number of benzene rings is 1. The Hall–Kier alpha value is -2.71. The second-order valence-corrected chi connectivity index (χ2v) is 8.29. The highest BCUT2D eigenvalue weighted by atomic mass is 32.2. The molecule has 0 radical (unpaired) electrons. The Morgan fingerprint density at radius 3 is 3.04 bits per heavy atom. The van der Waals surface area contributed by atoms with E-state index in [1.807, 2.05) is 48.7 Å². The zero-order chi connectivity index (χ0) is 18.6. The first kappa shape index (κ1) is 17.7. The predicted molar refractivity (Wildman–Crippen MR) is 109 cm³/mol. The smallest absolute Gasteiger partial charge is 0.237 e. The van der Waals surface area contributed by atoms with Crippen LogP contribution in [0.4, 0.5) is 5.69 Å². The largest absolute Gasteiger partial charge is 0.324 e. The number of H-pyrrole nitrogens is 1. The fourth-order valence-corrected chi connectivity index (χ4v) is 4.10. The van der Waals surface area contributed by atoms with Gasteiger partial charge >= 0.3 is 0 Å². The summed E-state index contributed by atoms with van der Waals surface area (Å²) >= 11 is 3.02. The van der Waals surface area contributed by atoms with E-state index >= 15 is 0 Å². The molecule has 0 saturated heterocycles. The number of nitrogens with zero attached hydrogens (tertiary/aromatic N) is 3. The molecule has 0 aliphatic carbocycles. The molecule has 0 bridgehead atoms. The van der Waals surface area contributed by atoms with Crippen LogP contribution in [0.2, 0.25) is 0 Å². The average Bonchev–Trinajstić information content (AvgIpc) is 3.34. The lowest BCUT2D eigenvalue weighted by atomic mass is 10.2. The van der Waals surface area contributed by atoms with Gasteiger partial charge < -0.3 is 5.32 Å². The fraction of sp³-hybridized carbons (Fsp3) is 0.158. The molecule has 0 aliphatic rings. The molecular weight excluding hydrogens is 378 g/mol. The van der Waals surface area contributed by atoms with E-state index in [2.05, 4.69) is 31.5 Å². The minimum absolute atomic E-state index is 0.0963. The Balaban J connectivity index is 1.41. The molecule has 1 amide bonds. The van der Waals surface area contributed by atoms with E-state index in [0.29, 0.717) is 5.16 Å². The van der Waals surface area contributed by atoms with E-state index in [1.165, 1.54) is 16.6 Å². The Bertz CT molecular complexity index is 1060. The van der Waals surface area contributed by atoms with Crippen LogP contribution in [0.3, 0.4) is 0 Å². The van der Waals surface area contributed by atoms with E-state index in [0.717, 1.165) is 28.8 Å². The first-order valence-corrected chi connectivity index (χ1v) is 10.2. The Kier molecular flexibility index (Phi) is 5.17. The van der Waals surface area contributed by atoms with Gasteiger partial charge in [0.1, 0.15) is 5.82 Å². The number of carbonyl (C=O) groups is 1. The van der Waals surface area contributed by atoms with Crippen LogP contribution in [-0.4, -0.2) is 31.3 Å². The Morgan fingerprint density at radius 2 is 2.19 bits per heavy atom. The zero-order valence-corrected chi connectivity index (χ0v) is 16.2. The van der Waals surface area contributed by atoms with Crippen LogP contribution in [0, 0.1) is 0 Å². The van der Waals surface area contributed by atoms with Crippen LogP contribution in [-0.2, 0) is 11.2 Å². The van der Waals surface area contributed by atoms with E-state index in [-0.39, 0.29) is 11.2 Å². The molecule has 1 atom stereocenters. The van der Waals surface area contributed by atoms with Gasteiger partial charge in [-0.05, 0) is 42.6 Å². The van der Waals surface area contributed by atoms with Crippen LogP contribution in [0.5, 0.6) is 0 Å². The van der Waals surface area contributed by atoms with E-state index in [9.17, 15) is 4.79 Å². The van der Waals surface area contributed by atoms with Crippen LogP contribution in [0.25, 0.3) is 10.9 Å². The highest BCUT2D eigenvalue weighted by molar-refractivity contribution is 8.00. The number of thioether (sulfide) groups is 1. The number of hydrogen-bond acceptors (Lipinski definition) is 6. The number of rotatable bonds is 6. The summed E-state index contributed by atoms with van der Waals surface area (Å²) in [6, 6.07) is 13.6. The van der Waals surface area contributed by atoms with Crippen molar-refractivity contribution in [3.8, 4) is 0 Å². The standard InChI is InChI=1S/C19H17N5OS2/c1-12(27-19-22-17(23-24-19)11-13-5-4-10-26-13)18(25)21-16-8-2-7-15-14(16)6-3-9-20-15/h2-10,12H,11H2,1H3,(H,21,25)(H,22,23,24). The van der Waals surface area contributed by atoms with E-state index in [1.54, 1.807) is 17.5 Å². The zero-order valence-electron chi connectivity index (χ0n) is 14.5. The van der Waals surface area contributed by atoms with Crippen molar-refractivity contribution in [1.82, 2.24) is 20.2 Å². The van der Waals surface area contributed by atoms with Crippen molar-refractivity contribution in [1.29, 1.82) is 0 Å². The molecular formula is C19H17N5OS2. The summed E-state index contributed by atoms with van der Waals surface area (Å²) < 4.78 is 0. The first-order chi connectivity index (χ1) is 13.2. The van der Waals surface area contributed by atoms with Gasteiger partial charge in [0.25, 0.3) is 0 Å². The molecule has 0 spiro atoms. The topological polar surface area (TPSA) is 83.6 Å². The third kappa shape index (κ3) is 4.17.